The molecule has 0 saturated carbocycles. The van der Waals surface area contributed by atoms with Gasteiger partial charge < -0.3 is 15.5 Å². The lowest BCUT2D eigenvalue weighted by Gasteiger charge is -2.29. The van der Waals surface area contributed by atoms with Crippen molar-refractivity contribution in [3.63, 3.8) is 0 Å². The van der Waals surface area contributed by atoms with Gasteiger partial charge >= 0.3 is 0 Å². The molecule has 176 valence electrons. The summed E-state index contributed by atoms with van der Waals surface area (Å²) in [4.78, 5) is 14.9. The van der Waals surface area contributed by atoms with Crippen LogP contribution in [0.2, 0.25) is 0 Å². The topological polar surface area (TPSA) is 118 Å². The quantitative estimate of drug-likeness (QED) is 0.114. The van der Waals surface area contributed by atoms with Gasteiger partial charge in [0.1, 0.15) is 6.10 Å². The van der Waals surface area contributed by atoms with Gasteiger partial charge in [-0.3, -0.25) is 4.79 Å². The van der Waals surface area contributed by atoms with Gasteiger partial charge in [0.25, 0.3) is 0 Å². The second kappa shape index (κ2) is 17.4. The number of carbonyl (C=O) groups excluding carboxylic acids is 1. The molecule has 7 heteroatoms. The van der Waals surface area contributed by atoms with E-state index in [1.54, 1.807) is 20.8 Å². The van der Waals surface area contributed by atoms with Crippen LogP contribution < -0.4 is 5.32 Å². The van der Waals surface area contributed by atoms with Crippen molar-refractivity contribution >= 4 is 5.91 Å². The maximum absolute atomic E-state index is 12.2. The monoisotopic (exact) mass is 426 g/mol. The molecule has 7 nitrogen and oxygen atoms in total. The summed E-state index contributed by atoms with van der Waals surface area (Å²) in [7, 11) is 0. The predicted octanol–water partition coefficient (Wildman–Crippen LogP) is 5.64. The van der Waals surface area contributed by atoms with Crippen LogP contribution in [-0.2, 0) is 4.79 Å². The lowest BCUT2D eigenvalue weighted by atomic mass is 9.93. The summed E-state index contributed by atoms with van der Waals surface area (Å²) in [5.41, 5.74) is 7.93. The van der Waals surface area contributed by atoms with E-state index in [1.165, 1.54) is 57.8 Å². The third kappa shape index (κ3) is 14.6. The molecule has 0 saturated heterocycles. The maximum atomic E-state index is 12.2. The first-order chi connectivity index (χ1) is 14.2. The Morgan fingerprint density at radius 2 is 1.40 bits per heavy atom. The van der Waals surface area contributed by atoms with Crippen molar-refractivity contribution in [2.75, 3.05) is 6.54 Å². The Labute approximate surface area is 183 Å². The molecule has 0 aromatic rings. The SMILES string of the molecule is CCCCCCCCCCCCCC[C@@H](O)[C@@H](O)[C@H](CN=[N+]=[N-])NC(=O)C(C)(C)C. The number of nitrogens with zero attached hydrogens (tertiary/aromatic N) is 3. The molecular weight excluding hydrogens is 380 g/mol. The smallest absolute Gasteiger partial charge is 0.225 e. The van der Waals surface area contributed by atoms with Crippen LogP contribution in [0.1, 0.15) is 111 Å². The summed E-state index contributed by atoms with van der Waals surface area (Å²) < 4.78 is 0. The van der Waals surface area contributed by atoms with Gasteiger partial charge in [0.2, 0.25) is 5.91 Å². The van der Waals surface area contributed by atoms with Gasteiger partial charge in [0.05, 0.1) is 12.1 Å². The molecule has 0 aliphatic heterocycles. The number of aliphatic hydroxyl groups excluding tert-OH is 2. The molecule has 0 aliphatic carbocycles. The lowest BCUT2D eigenvalue weighted by Crippen LogP contribution is -2.52. The molecule has 0 unspecified atom stereocenters. The highest BCUT2D eigenvalue weighted by Crippen LogP contribution is 2.17. The summed E-state index contributed by atoms with van der Waals surface area (Å²) in [6.45, 7) is 7.45. The van der Waals surface area contributed by atoms with E-state index in [0.717, 1.165) is 19.3 Å². The predicted molar refractivity (Wildman–Crippen MR) is 123 cm³/mol. The Kier molecular flexibility index (Phi) is 16.6. The highest BCUT2D eigenvalue weighted by molar-refractivity contribution is 5.81. The molecule has 0 heterocycles. The van der Waals surface area contributed by atoms with Gasteiger partial charge in [0, 0.05) is 16.9 Å². The summed E-state index contributed by atoms with van der Waals surface area (Å²) in [5, 5.41) is 27.0. The highest BCUT2D eigenvalue weighted by Gasteiger charge is 2.30. The molecule has 0 bridgehead atoms. The molecule has 30 heavy (non-hydrogen) atoms. The Bertz CT molecular complexity index is 487. The minimum Gasteiger partial charge on any atom is -0.390 e. The van der Waals surface area contributed by atoms with E-state index in [0.29, 0.717) is 6.42 Å². The molecular formula is C23H46N4O3. The van der Waals surface area contributed by atoms with Gasteiger partial charge in [-0.05, 0) is 12.0 Å². The van der Waals surface area contributed by atoms with Gasteiger partial charge in [-0.25, -0.2) is 0 Å². The molecule has 0 radical (unpaired) electrons. The normalized spacial score (nSPS) is 14.6. The fraction of sp³-hybridized carbons (Fsp3) is 0.957. The van der Waals surface area contributed by atoms with Gasteiger partial charge in [-0.2, -0.15) is 0 Å². The molecule has 3 atom stereocenters. The molecule has 0 aromatic carbocycles. The Hall–Kier alpha value is -1.30. The molecule has 0 spiro atoms. The number of rotatable bonds is 18. The van der Waals surface area contributed by atoms with Gasteiger partial charge in [-0.1, -0.05) is 110 Å². The van der Waals surface area contributed by atoms with Crippen molar-refractivity contribution in [3.8, 4) is 0 Å². The Morgan fingerprint density at radius 3 is 1.83 bits per heavy atom. The van der Waals surface area contributed by atoms with Crippen LogP contribution in [0.25, 0.3) is 10.4 Å². The van der Waals surface area contributed by atoms with E-state index >= 15 is 0 Å². The average molecular weight is 427 g/mol. The number of hydrogen-bond donors (Lipinski definition) is 3. The Balaban J connectivity index is 4.03. The second-order valence-corrected chi connectivity index (χ2v) is 9.48. The van der Waals surface area contributed by atoms with Crippen molar-refractivity contribution in [1.29, 1.82) is 0 Å². The van der Waals surface area contributed by atoms with E-state index in [-0.39, 0.29) is 12.5 Å². The van der Waals surface area contributed by atoms with Crippen LogP contribution in [0.5, 0.6) is 0 Å². The van der Waals surface area contributed by atoms with E-state index in [4.69, 9.17) is 5.53 Å². The zero-order valence-corrected chi connectivity index (χ0v) is 19.8. The molecule has 1 amide bonds. The van der Waals surface area contributed by atoms with Crippen molar-refractivity contribution in [3.05, 3.63) is 10.4 Å². The van der Waals surface area contributed by atoms with E-state index in [2.05, 4.69) is 22.3 Å². The number of nitrogens with one attached hydrogen (secondary N) is 1. The summed E-state index contributed by atoms with van der Waals surface area (Å²) >= 11 is 0. The van der Waals surface area contributed by atoms with Crippen LogP contribution >= 0.6 is 0 Å². The standard InChI is InChI=1S/C23H46N4O3/c1-5-6-7-8-9-10-11-12-13-14-15-16-17-20(28)21(29)19(18-25-27-24)26-22(30)23(2,3)4/h19-21,28-29H,5-18H2,1-4H3,(H,26,30)/t19-,20+,21-/m0/s1. The fourth-order valence-electron chi connectivity index (χ4n) is 3.38. The first-order valence-corrected chi connectivity index (χ1v) is 11.9. The summed E-state index contributed by atoms with van der Waals surface area (Å²) in [6, 6.07) is -0.792. The highest BCUT2D eigenvalue weighted by atomic mass is 16.3. The zero-order valence-electron chi connectivity index (χ0n) is 19.8. The number of carbonyl (C=O) groups is 1. The fourth-order valence-corrected chi connectivity index (χ4v) is 3.38. The average Bonchev–Trinajstić information content (AvgIpc) is 2.70. The molecule has 0 rings (SSSR count). The van der Waals surface area contributed by atoms with Gasteiger partial charge in [0.15, 0.2) is 0 Å². The minimum atomic E-state index is -1.16. The number of hydrogen-bond acceptors (Lipinski definition) is 4. The third-order valence-electron chi connectivity index (χ3n) is 5.50. The van der Waals surface area contributed by atoms with Crippen molar-refractivity contribution in [2.45, 2.75) is 129 Å². The number of azide groups is 1. The first-order valence-electron chi connectivity index (χ1n) is 11.9. The van der Waals surface area contributed by atoms with Crippen LogP contribution in [0.15, 0.2) is 5.11 Å². The van der Waals surface area contributed by atoms with Crippen LogP contribution in [0, 0.1) is 5.41 Å². The largest absolute Gasteiger partial charge is 0.390 e. The lowest BCUT2D eigenvalue weighted by molar-refractivity contribution is -0.130. The van der Waals surface area contributed by atoms with E-state index in [1.807, 2.05) is 0 Å². The van der Waals surface area contributed by atoms with Crippen molar-refractivity contribution < 1.29 is 15.0 Å². The van der Waals surface area contributed by atoms with Gasteiger partial charge in [-0.15, -0.1) is 0 Å². The second-order valence-electron chi connectivity index (χ2n) is 9.48. The molecule has 0 aliphatic rings. The number of aliphatic hydroxyl groups is 2. The minimum absolute atomic E-state index is 0.0883. The Morgan fingerprint density at radius 1 is 0.933 bits per heavy atom. The zero-order chi connectivity index (χ0) is 22.8. The summed E-state index contributed by atoms with van der Waals surface area (Å²) in [5.74, 6) is -0.253. The van der Waals surface area contributed by atoms with Crippen LogP contribution in [0.3, 0.4) is 0 Å². The first kappa shape index (κ1) is 28.7. The maximum Gasteiger partial charge on any atom is 0.225 e. The van der Waals surface area contributed by atoms with Crippen molar-refractivity contribution in [1.82, 2.24) is 5.32 Å². The van der Waals surface area contributed by atoms with Crippen molar-refractivity contribution in [2.24, 2.45) is 10.5 Å². The van der Waals surface area contributed by atoms with E-state index in [9.17, 15) is 15.0 Å². The van der Waals surface area contributed by atoms with Crippen LogP contribution in [0.4, 0.5) is 0 Å². The van der Waals surface area contributed by atoms with Crippen LogP contribution in [-0.4, -0.2) is 40.9 Å². The number of unbranched alkanes of at least 4 members (excludes halogenated alkanes) is 11. The number of amides is 1. The molecule has 0 fully saturated rings. The van der Waals surface area contributed by atoms with E-state index < -0.39 is 23.7 Å². The summed E-state index contributed by atoms with van der Waals surface area (Å²) in [6.07, 6.45) is 13.2. The molecule has 0 aromatic heterocycles. The molecule has 3 N–H and O–H groups in total. The third-order valence-corrected chi connectivity index (χ3v) is 5.50.